The molecule has 3 rings (SSSR count). The molecule has 0 bridgehead atoms. The molecule has 2 heterocycles. The number of likely N-dealkylation sites (tertiary alicyclic amines) is 1. The number of fused-ring (bicyclic) bond motifs is 1. The fraction of sp³-hybridized carbons (Fsp3) is 0.471. The first-order chi connectivity index (χ1) is 10.5. The van der Waals surface area contributed by atoms with Crippen LogP contribution in [-0.4, -0.2) is 29.9 Å². The summed E-state index contributed by atoms with van der Waals surface area (Å²) in [7, 11) is 0. The molecule has 1 amide bonds. The topological polar surface area (TPSA) is 46.3 Å². The minimum absolute atomic E-state index is 0.0715. The molecule has 0 radical (unpaired) electrons. The van der Waals surface area contributed by atoms with E-state index in [0.717, 1.165) is 46.5 Å². The van der Waals surface area contributed by atoms with Crippen LogP contribution in [0.2, 0.25) is 0 Å². The third-order valence-electron chi connectivity index (χ3n) is 4.66. The van der Waals surface area contributed by atoms with Crippen LogP contribution >= 0.6 is 11.3 Å². The molecule has 1 unspecified atom stereocenters. The number of halogens is 1. The van der Waals surface area contributed by atoms with Crippen LogP contribution in [0.15, 0.2) is 18.2 Å². The smallest absolute Gasteiger partial charge is 0.264 e. The van der Waals surface area contributed by atoms with E-state index in [9.17, 15) is 9.18 Å². The van der Waals surface area contributed by atoms with E-state index in [-0.39, 0.29) is 17.8 Å². The van der Waals surface area contributed by atoms with Crippen molar-refractivity contribution < 1.29 is 9.18 Å². The van der Waals surface area contributed by atoms with Crippen LogP contribution in [0.1, 0.15) is 35.0 Å². The van der Waals surface area contributed by atoms with Crippen LogP contribution in [0, 0.1) is 18.7 Å². The number of rotatable bonds is 2. The van der Waals surface area contributed by atoms with Gasteiger partial charge in [-0.3, -0.25) is 4.79 Å². The Balaban J connectivity index is 1.83. The molecule has 0 aliphatic carbocycles. The predicted octanol–water partition coefficient (Wildman–Crippen LogP) is 3.55. The minimum atomic E-state index is -0.259. The number of aryl methyl sites for hydroxylation is 1. The maximum absolute atomic E-state index is 13.4. The molecule has 0 saturated carbocycles. The summed E-state index contributed by atoms with van der Waals surface area (Å²) >= 11 is 1.46. The molecule has 5 heteroatoms. The summed E-state index contributed by atoms with van der Waals surface area (Å²) < 4.78 is 14.4. The Bertz CT molecular complexity index is 702. The van der Waals surface area contributed by atoms with Crippen LogP contribution in [-0.2, 0) is 0 Å². The first kappa shape index (κ1) is 15.4. The summed E-state index contributed by atoms with van der Waals surface area (Å²) in [6, 6.07) is 4.90. The summed E-state index contributed by atoms with van der Waals surface area (Å²) in [5.74, 6) is 0.314. The number of hydrogen-bond donors (Lipinski definition) is 1. The standard InChI is InChI=1S/C17H21FN2OS/c1-10-14-9-13(18)3-4-15(14)22-16(10)17(21)20-7-5-12(6-8-20)11(2)19/h3-4,9,11-12H,5-8,19H2,1-2H3. The molecule has 1 atom stereocenters. The van der Waals surface area contributed by atoms with Crippen molar-refractivity contribution in [2.45, 2.75) is 32.7 Å². The summed E-state index contributed by atoms with van der Waals surface area (Å²) in [5, 5.41) is 0.846. The van der Waals surface area contributed by atoms with Crippen LogP contribution in [0.25, 0.3) is 10.1 Å². The molecular formula is C17H21FN2OS. The Morgan fingerprint density at radius 3 is 2.73 bits per heavy atom. The molecule has 1 fully saturated rings. The molecule has 118 valence electrons. The number of thiophene rings is 1. The third kappa shape index (κ3) is 2.75. The van der Waals surface area contributed by atoms with Crippen molar-refractivity contribution in [3.63, 3.8) is 0 Å². The Morgan fingerprint density at radius 2 is 2.09 bits per heavy atom. The zero-order valence-corrected chi connectivity index (χ0v) is 13.8. The molecule has 2 N–H and O–H groups in total. The lowest BCUT2D eigenvalue weighted by atomic mass is 9.91. The van der Waals surface area contributed by atoms with Gasteiger partial charge in [-0.1, -0.05) is 0 Å². The Hall–Kier alpha value is -1.46. The van der Waals surface area contributed by atoms with E-state index < -0.39 is 0 Å². The molecule has 0 spiro atoms. The van der Waals surface area contributed by atoms with E-state index in [1.807, 2.05) is 18.7 Å². The molecule has 1 aromatic carbocycles. The van der Waals surface area contributed by atoms with Gasteiger partial charge in [-0.05, 0) is 61.8 Å². The van der Waals surface area contributed by atoms with Gasteiger partial charge in [0.1, 0.15) is 5.82 Å². The lowest BCUT2D eigenvalue weighted by molar-refractivity contribution is 0.0685. The average molecular weight is 320 g/mol. The second-order valence-electron chi connectivity index (χ2n) is 6.19. The molecule has 3 nitrogen and oxygen atoms in total. The van der Waals surface area contributed by atoms with Crippen molar-refractivity contribution in [1.82, 2.24) is 4.90 Å². The van der Waals surface area contributed by atoms with Gasteiger partial charge in [0, 0.05) is 23.8 Å². The van der Waals surface area contributed by atoms with Gasteiger partial charge in [0.25, 0.3) is 5.91 Å². The zero-order chi connectivity index (χ0) is 15.9. The first-order valence-corrected chi connectivity index (χ1v) is 8.52. The van der Waals surface area contributed by atoms with E-state index >= 15 is 0 Å². The van der Waals surface area contributed by atoms with Gasteiger partial charge in [0.15, 0.2) is 0 Å². The average Bonchev–Trinajstić information content (AvgIpc) is 2.83. The number of carbonyl (C=O) groups is 1. The maximum Gasteiger partial charge on any atom is 0.264 e. The second-order valence-corrected chi connectivity index (χ2v) is 7.24. The molecule has 22 heavy (non-hydrogen) atoms. The summed E-state index contributed by atoms with van der Waals surface area (Å²) in [6.45, 7) is 5.45. The van der Waals surface area contributed by atoms with E-state index in [1.165, 1.54) is 23.5 Å². The van der Waals surface area contributed by atoms with Gasteiger partial charge >= 0.3 is 0 Å². The van der Waals surface area contributed by atoms with Crippen LogP contribution in [0.5, 0.6) is 0 Å². The Labute approximate surface area is 133 Å². The molecular weight excluding hydrogens is 299 g/mol. The van der Waals surface area contributed by atoms with E-state index in [2.05, 4.69) is 0 Å². The minimum Gasteiger partial charge on any atom is -0.338 e. The Morgan fingerprint density at radius 1 is 1.41 bits per heavy atom. The quantitative estimate of drug-likeness (QED) is 0.920. The van der Waals surface area contributed by atoms with Crippen LogP contribution in [0.3, 0.4) is 0 Å². The fourth-order valence-electron chi connectivity index (χ4n) is 3.17. The lowest BCUT2D eigenvalue weighted by Crippen LogP contribution is -2.42. The number of piperidine rings is 1. The van der Waals surface area contributed by atoms with Gasteiger partial charge in [0.2, 0.25) is 0 Å². The van der Waals surface area contributed by atoms with Crippen molar-refractivity contribution in [2.24, 2.45) is 11.7 Å². The number of nitrogens with zero attached hydrogens (tertiary/aromatic N) is 1. The summed E-state index contributed by atoms with van der Waals surface area (Å²) in [6.07, 6.45) is 1.92. The number of carbonyl (C=O) groups excluding carboxylic acids is 1. The third-order valence-corrected chi connectivity index (χ3v) is 5.92. The van der Waals surface area contributed by atoms with Gasteiger partial charge in [0.05, 0.1) is 4.88 Å². The highest BCUT2D eigenvalue weighted by Crippen LogP contribution is 2.33. The molecule has 1 aromatic heterocycles. The van der Waals surface area contributed by atoms with Crippen molar-refractivity contribution in [2.75, 3.05) is 13.1 Å². The van der Waals surface area contributed by atoms with Crippen molar-refractivity contribution >= 4 is 27.3 Å². The van der Waals surface area contributed by atoms with Gasteiger partial charge in [-0.15, -0.1) is 11.3 Å². The van der Waals surface area contributed by atoms with Gasteiger partial charge in [-0.2, -0.15) is 0 Å². The highest BCUT2D eigenvalue weighted by atomic mass is 32.1. The molecule has 1 aliphatic heterocycles. The molecule has 1 saturated heterocycles. The lowest BCUT2D eigenvalue weighted by Gasteiger charge is -2.33. The molecule has 2 aromatic rings. The van der Waals surface area contributed by atoms with Crippen LogP contribution in [0.4, 0.5) is 4.39 Å². The van der Waals surface area contributed by atoms with E-state index in [0.29, 0.717) is 5.92 Å². The van der Waals surface area contributed by atoms with Crippen molar-refractivity contribution in [3.05, 3.63) is 34.5 Å². The predicted molar refractivity (Wildman–Crippen MR) is 88.8 cm³/mol. The first-order valence-electron chi connectivity index (χ1n) is 7.71. The van der Waals surface area contributed by atoms with Crippen molar-refractivity contribution in [3.8, 4) is 0 Å². The number of benzene rings is 1. The SMILES string of the molecule is Cc1c(C(=O)N2CCC(C(C)N)CC2)sc2ccc(F)cc12. The monoisotopic (exact) mass is 320 g/mol. The highest BCUT2D eigenvalue weighted by molar-refractivity contribution is 7.21. The normalized spacial score (nSPS) is 17.9. The number of nitrogens with two attached hydrogens (primary N) is 1. The second kappa shape index (κ2) is 5.97. The summed E-state index contributed by atoms with van der Waals surface area (Å²) in [4.78, 5) is 15.4. The summed E-state index contributed by atoms with van der Waals surface area (Å²) in [5.41, 5.74) is 6.84. The van der Waals surface area contributed by atoms with Crippen molar-refractivity contribution in [1.29, 1.82) is 0 Å². The van der Waals surface area contributed by atoms with Gasteiger partial charge in [-0.25, -0.2) is 4.39 Å². The highest BCUT2D eigenvalue weighted by Gasteiger charge is 2.27. The number of hydrogen-bond acceptors (Lipinski definition) is 3. The largest absolute Gasteiger partial charge is 0.338 e. The maximum atomic E-state index is 13.4. The van der Waals surface area contributed by atoms with Crippen LogP contribution < -0.4 is 5.73 Å². The fourth-order valence-corrected chi connectivity index (χ4v) is 4.33. The Kier molecular flexibility index (Phi) is 4.19. The zero-order valence-electron chi connectivity index (χ0n) is 12.9. The van der Waals surface area contributed by atoms with Gasteiger partial charge < -0.3 is 10.6 Å². The van der Waals surface area contributed by atoms with E-state index in [1.54, 1.807) is 6.07 Å². The molecule has 1 aliphatic rings. The number of amides is 1. The van der Waals surface area contributed by atoms with E-state index in [4.69, 9.17) is 5.73 Å².